The summed E-state index contributed by atoms with van der Waals surface area (Å²) in [5, 5.41) is 6.90. The summed E-state index contributed by atoms with van der Waals surface area (Å²) in [5.74, 6) is 1.44. The second-order valence-electron chi connectivity index (χ2n) is 6.68. The summed E-state index contributed by atoms with van der Waals surface area (Å²) in [7, 11) is 3.26. The zero-order chi connectivity index (χ0) is 19.1. The van der Waals surface area contributed by atoms with Crippen LogP contribution >= 0.6 is 12.2 Å². The summed E-state index contributed by atoms with van der Waals surface area (Å²) < 4.78 is 10.6. The first kappa shape index (κ1) is 19.5. The van der Waals surface area contributed by atoms with Crippen LogP contribution in [0.15, 0.2) is 42.5 Å². The standard InChI is InChI=1S/C21H27N3O2S/c1-25-18-10-11-20(26-2)19(14-18)23-21(27)22-17-8-6-16(7-9-17)15-24-12-4-3-5-13-24/h6-11,14H,3-5,12-13,15H2,1-2H3,(H2,22,23,27). The zero-order valence-corrected chi connectivity index (χ0v) is 16.8. The number of rotatable bonds is 6. The van der Waals surface area contributed by atoms with Gasteiger partial charge in [0.2, 0.25) is 0 Å². The minimum atomic E-state index is 0.505. The van der Waals surface area contributed by atoms with Crippen LogP contribution in [0.2, 0.25) is 0 Å². The summed E-state index contributed by atoms with van der Waals surface area (Å²) in [6.45, 7) is 3.43. The highest BCUT2D eigenvalue weighted by Crippen LogP contribution is 2.29. The van der Waals surface area contributed by atoms with Gasteiger partial charge in [0.1, 0.15) is 11.5 Å². The van der Waals surface area contributed by atoms with Crippen molar-refractivity contribution in [3.8, 4) is 11.5 Å². The van der Waals surface area contributed by atoms with Gasteiger partial charge in [-0.2, -0.15) is 0 Å². The molecule has 0 amide bonds. The van der Waals surface area contributed by atoms with Crippen LogP contribution in [0, 0.1) is 0 Å². The Labute approximate surface area is 166 Å². The van der Waals surface area contributed by atoms with Crippen molar-refractivity contribution in [3.63, 3.8) is 0 Å². The molecule has 0 aliphatic carbocycles. The van der Waals surface area contributed by atoms with Crippen molar-refractivity contribution in [2.75, 3.05) is 37.9 Å². The Morgan fingerprint density at radius 3 is 2.37 bits per heavy atom. The maximum Gasteiger partial charge on any atom is 0.175 e. The fourth-order valence-electron chi connectivity index (χ4n) is 3.27. The number of benzene rings is 2. The largest absolute Gasteiger partial charge is 0.497 e. The number of ether oxygens (including phenoxy) is 2. The number of nitrogens with zero attached hydrogens (tertiary/aromatic N) is 1. The molecule has 2 aromatic carbocycles. The maximum atomic E-state index is 5.44. The van der Waals surface area contributed by atoms with Crippen LogP contribution in [-0.2, 0) is 6.54 Å². The lowest BCUT2D eigenvalue weighted by Crippen LogP contribution is -2.29. The summed E-state index contributed by atoms with van der Waals surface area (Å²) in [5.41, 5.74) is 3.05. The van der Waals surface area contributed by atoms with E-state index in [0.717, 1.165) is 23.7 Å². The molecular weight excluding hydrogens is 358 g/mol. The highest BCUT2D eigenvalue weighted by molar-refractivity contribution is 7.80. The molecule has 0 saturated carbocycles. The Balaban J connectivity index is 1.57. The molecule has 0 atom stereocenters. The van der Waals surface area contributed by atoms with Gasteiger partial charge in [-0.1, -0.05) is 18.6 Å². The van der Waals surface area contributed by atoms with Gasteiger partial charge in [-0.05, 0) is 68.0 Å². The van der Waals surface area contributed by atoms with Crippen molar-refractivity contribution >= 4 is 28.7 Å². The maximum absolute atomic E-state index is 5.44. The molecule has 2 aromatic rings. The topological polar surface area (TPSA) is 45.8 Å². The minimum absolute atomic E-state index is 0.505. The monoisotopic (exact) mass is 385 g/mol. The summed E-state index contributed by atoms with van der Waals surface area (Å²) in [6.07, 6.45) is 3.99. The molecule has 6 heteroatoms. The van der Waals surface area contributed by atoms with Crippen molar-refractivity contribution in [1.29, 1.82) is 0 Å². The molecule has 2 N–H and O–H groups in total. The molecule has 0 bridgehead atoms. The average molecular weight is 386 g/mol. The summed E-state index contributed by atoms with van der Waals surface area (Å²) in [4.78, 5) is 2.52. The van der Waals surface area contributed by atoms with E-state index in [1.807, 2.05) is 18.2 Å². The van der Waals surface area contributed by atoms with E-state index in [0.29, 0.717) is 10.9 Å². The van der Waals surface area contributed by atoms with Gasteiger partial charge in [-0.3, -0.25) is 4.90 Å². The summed E-state index contributed by atoms with van der Waals surface area (Å²) >= 11 is 5.44. The summed E-state index contributed by atoms with van der Waals surface area (Å²) in [6, 6.07) is 14.0. The number of hydrogen-bond donors (Lipinski definition) is 2. The lowest BCUT2D eigenvalue weighted by atomic mass is 10.1. The van der Waals surface area contributed by atoms with Crippen LogP contribution in [0.5, 0.6) is 11.5 Å². The van der Waals surface area contributed by atoms with E-state index < -0.39 is 0 Å². The predicted octanol–water partition coefficient (Wildman–Crippen LogP) is 4.50. The van der Waals surface area contributed by atoms with Gasteiger partial charge < -0.3 is 20.1 Å². The van der Waals surface area contributed by atoms with Crippen molar-refractivity contribution in [2.45, 2.75) is 25.8 Å². The number of methoxy groups -OCH3 is 2. The van der Waals surface area contributed by atoms with E-state index in [1.54, 1.807) is 14.2 Å². The van der Waals surface area contributed by atoms with E-state index in [1.165, 1.54) is 37.9 Å². The predicted molar refractivity (Wildman–Crippen MR) is 115 cm³/mol. The van der Waals surface area contributed by atoms with Crippen LogP contribution < -0.4 is 20.1 Å². The number of piperidine rings is 1. The van der Waals surface area contributed by atoms with Crippen LogP contribution in [0.1, 0.15) is 24.8 Å². The molecule has 1 fully saturated rings. The Kier molecular flexibility index (Phi) is 6.90. The van der Waals surface area contributed by atoms with Gasteiger partial charge in [-0.15, -0.1) is 0 Å². The zero-order valence-electron chi connectivity index (χ0n) is 16.0. The normalized spacial score (nSPS) is 14.4. The first-order valence-corrected chi connectivity index (χ1v) is 9.70. The fraction of sp³-hybridized carbons (Fsp3) is 0.381. The van der Waals surface area contributed by atoms with Crippen molar-refractivity contribution < 1.29 is 9.47 Å². The molecule has 1 heterocycles. The fourth-order valence-corrected chi connectivity index (χ4v) is 3.49. The van der Waals surface area contributed by atoms with Gasteiger partial charge >= 0.3 is 0 Å². The van der Waals surface area contributed by atoms with Crippen LogP contribution in [0.3, 0.4) is 0 Å². The van der Waals surface area contributed by atoms with Gasteiger partial charge in [0.15, 0.2) is 5.11 Å². The van der Waals surface area contributed by atoms with Gasteiger partial charge in [-0.25, -0.2) is 0 Å². The number of thiocarbonyl (C=S) groups is 1. The molecule has 144 valence electrons. The van der Waals surface area contributed by atoms with E-state index >= 15 is 0 Å². The molecule has 27 heavy (non-hydrogen) atoms. The molecule has 1 aliphatic rings. The quantitative estimate of drug-likeness (QED) is 0.714. The van der Waals surface area contributed by atoms with Gasteiger partial charge in [0.05, 0.1) is 19.9 Å². The van der Waals surface area contributed by atoms with Crippen molar-refractivity contribution in [3.05, 3.63) is 48.0 Å². The van der Waals surface area contributed by atoms with E-state index in [9.17, 15) is 0 Å². The average Bonchev–Trinajstić information content (AvgIpc) is 2.70. The number of hydrogen-bond acceptors (Lipinski definition) is 4. The van der Waals surface area contributed by atoms with Crippen LogP contribution in [-0.4, -0.2) is 37.3 Å². The second kappa shape index (κ2) is 9.58. The first-order chi connectivity index (χ1) is 13.2. The molecule has 1 aliphatic heterocycles. The lowest BCUT2D eigenvalue weighted by molar-refractivity contribution is 0.221. The number of likely N-dealkylation sites (tertiary alicyclic amines) is 1. The SMILES string of the molecule is COc1ccc(OC)c(NC(=S)Nc2ccc(CN3CCCCC3)cc2)c1. The molecule has 3 rings (SSSR count). The Hall–Kier alpha value is -2.31. The Morgan fingerprint density at radius 1 is 0.963 bits per heavy atom. The van der Waals surface area contributed by atoms with E-state index in [4.69, 9.17) is 21.7 Å². The third-order valence-corrected chi connectivity index (χ3v) is 4.93. The second-order valence-corrected chi connectivity index (χ2v) is 7.09. The molecular formula is C21H27N3O2S. The number of anilines is 2. The smallest absolute Gasteiger partial charge is 0.175 e. The molecule has 0 unspecified atom stereocenters. The third kappa shape index (κ3) is 5.58. The highest BCUT2D eigenvalue weighted by Gasteiger charge is 2.11. The van der Waals surface area contributed by atoms with Crippen LogP contribution in [0.4, 0.5) is 11.4 Å². The minimum Gasteiger partial charge on any atom is -0.497 e. The number of nitrogens with one attached hydrogen (secondary N) is 2. The Morgan fingerprint density at radius 2 is 1.70 bits per heavy atom. The molecule has 5 nitrogen and oxygen atoms in total. The molecule has 0 radical (unpaired) electrons. The Bertz CT molecular complexity index is 759. The molecule has 0 aromatic heterocycles. The lowest BCUT2D eigenvalue weighted by Gasteiger charge is -2.26. The van der Waals surface area contributed by atoms with Crippen LogP contribution in [0.25, 0.3) is 0 Å². The van der Waals surface area contributed by atoms with Gasteiger partial charge in [0.25, 0.3) is 0 Å². The van der Waals surface area contributed by atoms with E-state index in [2.05, 4.69) is 39.8 Å². The van der Waals surface area contributed by atoms with Crippen molar-refractivity contribution in [2.24, 2.45) is 0 Å². The molecule has 0 spiro atoms. The third-order valence-electron chi connectivity index (χ3n) is 4.72. The van der Waals surface area contributed by atoms with Gasteiger partial charge in [0, 0.05) is 18.3 Å². The van der Waals surface area contributed by atoms with E-state index in [-0.39, 0.29) is 0 Å². The first-order valence-electron chi connectivity index (χ1n) is 9.29. The highest BCUT2D eigenvalue weighted by atomic mass is 32.1. The molecule has 1 saturated heterocycles. The van der Waals surface area contributed by atoms with Crippen molar-refractivity contribution in [1.82, 2.24) is 4.90 Å².